The highest BCUT2D eigenvalue weighted by atomic mass is 16.5. The van der Waals surface area contributed by atoms with E-state index in [1.807, 2.05) is 36.2 Å². The smallest absolute Gasteiger partial charge is 0.307 e. The number of benzene rings is 1. The van der Waals surface area contributed by atoms with Gasteiger partial charge in [0.1, 0.15) is 11.6 Å². The molecule has 0 N–H and O–H groups in total. The van der Waals surface area contributed by atoms with Gasteiger partial charge in [-0.3, -0.25) is 4.79 Å². The van der Waals surface area contributed by atoms with E-state index in [0.29, 0.717) is 13.0 Å². The van der Waals surface area contributed by atoms with E-state index in [1.165, 1.54) is 7.11 Å². The molecule has 0 bridgehead atoms. The highest BCUT2D eigenvalue weighted by Gasteiger charge is 2.10. The first kappa shape index (κ1) is 14.1. The number of esters is 1. The molecule has 0 aliphatic carbocycles. The molecule has 0 aliphatic heterocycles. The Hall–Kier alpha value is -2.30. The van der Waals surface area contributed by atoms with Gasteiger partial charge < -0.3 is 14.4 Å². The highest BCUT2D eigenvalue weighted by molar-refractivity contribution is 5.93. The summed E-state index contributed by atoms with van der Waals surface area (Å²) in [7, 11) is 4.94. The van der Waals surface area contributed by atoms with Crippen LogP contribution in [-0.2, 0) is 9.53 Å². The maximum Gasteiger partial charge on any atom is 0.307 e. The molecular formula is C15H18N2O3. The van der Waals surface area contributed by atoms with Crippen LogP contribution in [0.3, 0.4) is 0 Å². The fraction of sp³-hybridized carbons (Fsp3) is 0.333. The molecule has 0 amide bonds. The molecule has 5 heteroatoms. The van der Waals surface area contributed by atoms with E-state index in [-0.39, 0.29) is 5.97 Å². The number of anilines is 1. The van der Waals surface area contributed by atoms with Gasteiger partial charge in [-0.15, -0.1) is 0 Å². The number of fused-ring (bicyclic) bond motifs is 1. The Labute approximate surface area is 118 Å². The molecular weight excluding hydrogens is 256 g/mol. The summed E-state index contributed by atoms with van der Waals surface area (Å²) in [6, 6.07) is 7.81. The number of ether oxygens (including phenoxy) is 2. The third-order valence-electron chi connectivity index (χ3n) is 3.19. The molecule has 0 aliphatic rings. The molecule has 2 rings (SSSR count). The summed E-state index contributed by atoms with van der Waals surface area (Å²) >= 11 is 0. The van der Waals surface area contributed by atoms with Crippen molar-refractivity contribution in [1.82, 2.24) is 4.98 Å². The summed E-state index contributed by atoms with van der Waals surface area (Å²) < 4.78 is 9.91. The molecule has 2 aromatic rings. The first-order valence-corrected chi connectivity index (χ1v) is 6.36. The second kappa shape index (κ2) is 6.23. The van der Waals surface area contributed by atoms with Crippen molar-refractivity contribution < 1.29 is 14.3 Å². The fourth-order valence-corrected chi connectivity index (χ4v) is 2.03. The molecule has 1 aromatic carbocycles. The van der Waals surface area contributed by atoms with Gasteiger partial charge in [-0.1, -0.05) is 6.07 Å². The quantitative estimate of drug-likeness (QED) is 0.783. The first-order valence-electron chi connectivity index (χ1n) is 6.36. The van der Waals surface area contributed by atoms with Crippen molar-refractivity contribution in [1.29, 1.82) is 0 Å². The van der Waals surface area contributed by atoms with Gasteiger partial charge in [-0.25, -0.2) is 4.98 Å². The summed E-state index contributed by atoms with van der Waals surface area (Å²) in [5, 5.41) is 2.08. The summed E-state index contributed by atoms with van der Waals surface area (Å²) in [5.74, 6) is 1.38. The molecule has 1 aromatic heterocycles. The van der Waals surface area contributed by atoms with Crippen LogP contribution in [0, 0.1) is 0 Å². The predicted octanol–water partition coefficient (Wildman–Crippen LogP) is 2.24. The van der Waals surface area contributed by atoms with E-state index in [1.54, 1.807) is 13.3 Å². The van der Waals surface area contributed by atoms with Gasteiger partial charge in [0.05, 0.1) is 20.6 Å². The molecule has 0 saturated carbocycles. The Kier molecular flexibility index (Phi) is 4.40. The third-order valence-corrected chi connectivity index (χ3v) is 3.19. The fourth-order valence-electron chi connectivity index (χ4n) is 2.03. The monoisotopic (exact) mass is 274 g/mol. The summed E-state index contributed by atoms with van der Waals surface area (Å²) in [4.78, 5) is 17.6. The second-order valence-corrected chi connectivity index (χ2v) is 4.47. The number of methoxy groups -OCH3 is 2. The molecule has 0 radical (unpaired) electrons. The van der Waals surface area contributed by atoms with Crippen molar-refractivity contribution >= 4 is 22.6 Å². The zero-order chi connectivity index (χ0) is 14.5. The second-order valence-electron chi connectivity index (χ2n) is 4.47. The van der Waals surface area contributed by atoms with Crippen LogP contribution in [0.25, 0.3) is 10.8 Å². The minimum absolute atomic E-state index is 0.227. The third kappa shape index (κ3) is 2.99. The van der Waals surface area contributed by atoms with Crippen molar-refractivity contribution in [3.05, 3.63) is 30.5 Å². The van der Waals surface area contributed by atoms with E-state index in [2.05, 4.69) is 9.72 Å². The molecule has 20 heavy (non-hydrogen) atoms. The lowest BCUT2D eigenvalue weighted by atomic mass is 10.1. The summed E-state index contributed by atoms with van der Waals surface area (Å²) in [6.07, 6.45) is 2.09. The molecule has 5 nitrogen and oxygen atoms in total. The van der Waals surface area contributed by atoms with Crippen LogP contribution < -0.4 is 9.64 Å². The largest absolute Gasteiger partial charge is 0.497 e. The van der Waals surface area contributed by atoms with Crippen LogP contribution in [0.1, 0.15) is 6.42 Å². The minimum atomic E-state index is -0.227. The zero-order valence-electron chi connectivity index (χ0n) is 11.9. The van der Waals surface area contributed by atoms with E-state index < -0.39 is 0 Å². The maximum absolute atomic E-state index is 11.2. The first-order chi connectivity index (χ1) is 9.65. The van der Waals surface area contributed by atoms with Gasteiger partial charge in [0.25, 0.3) is 0 Å². The average molecular weight is 274 g/mol. The summed E-state index contributed by atoms with van der Waals surface area (Å²) in [5.41, 5.74) is 0. The average Bonchev–Trinajstić information content (AvgIpc) is 2.50. The number of nitrogens with zero attached hydrogens (tertiary/aromatic N) is 2. The van der Waals surface area contributed by atoms with Crippen LogP contribution in [0.5, 0.6) is 5.75 Å². The van der Waals surface area contributed by atoms with E-state index in [0.717, 1.165) is 22.3 Å². The molecule has 0 spiro atoms. The van der Waals surface area contributed by atoms with Crippen molar-refractivity contribution in [2.45, 2.75) is 6.42 Å². The lowest BCUT2D eigenvalue weighted by Crippen LogP contribution is -2.22. The lowest BCUT2D eigenvalue weighted by molar-refractivity contribution is -0.140. The molecule has 0 saturated heterocycles. The normalized spacial score (nSPS) is 10.3. The van der Waals surface area contributed by atoms with Gasteiger partial charge in [0.15, 0.2) is 0 Å². The van der Waals surface area contributed by atoms with Crippen molar-refractivity contribution in [3.63, 3.8) is 0 Å². The Morgan fingerprint density at radius 1 is 1.30 bits per heavy atom. The van der Waals surface area contributed by atoms with E-state index >= 15 is 0 Å². The topological polar surface area (TPSA) is 51.7 Å². The van der Waals surface area contributed by atoms with Crippen LogP contribution >= 0.6 is 0 Å². The minimum Gasteiger partial charge on any atom is -0.497 e. The summed E-state index contributed by atoms with van der Waals surface area (Å²) in [6.45, 7) is 0.552. The van der Waals surface area contributed by atoms with E-state index in [9.17, 15) is 4.79 Å². The number of carbonyl (C=O) groups is 1. The van der Waals surface area contributed by atoms with Crippen molar-refractivity contribution in [2.75, 3.05) is 32.7 Å². The highest BCUT2D eigenvalue weighted by Crippen LogP contribution is 2.27. The number of hydrogen-bond acceptors (Lipinski definition) is 5. The Morgan fingerprint density at radius 3 is 2.80 bits per heavy atom. The molecule has 0 fully saturated rings. The zero-order valence-corrected chi connectivity index (χ0v) is 11.9. The number of pyridine rings is 1. The SMILES string of the molecule is COC(=O)CCN(C)c1nccc2ccc(OC)cc12. The van der Waals surface area contributed by atoms with Crippen molar-refractivity contribution in [3.8, 4) is 5.75 Å². The predicted molar refractivity (Wildman–Crippen MR) is 78.2 cm³/mol. The number of carbonyl (C=O) groups excluding carboxylic acids is 1. The maximum atomic E-state index is 11.2. The van der Waals surface area contributed by atoms with Crippen LogP contribution in [0.15, 0.2) is 30.5 Å². The molecule has 1 heterocycles. The van der Waals surface area contributed by atoms with Crippen LogP contribution in [0.4, 0.5) is 5.82 Å². The number of aromatic nitrogens is 1. The lowest BCUT2D eigenvalue weighted by Gasteiger charge is -2.19. The van der Waals surface area contributed by atoms with Crippen LogP contribution in [-0.4, -0.2) is 38.8 Å². The van der Waals surface area contributed by atoms with Gasteiger partial charge in [0, 0.05) is 25.2 Å². The Bertz CT molecular complexity index is 613. The molecule has 0 atom stereocenters. The molecule has 106 valence electrons. The Balaban J connectivity index is 2.30. The number of hydrogen-bond donors (Lipinski definition) is 0. The van der Waals surface area contributed by atoms with E-state index in [4.69, 9.17) is 4.74 Å². The van der Waals surface area contributed by atoms with Crippen LogP contribution in [0.2, 0.25) is 0 Å². The molecule has 0 unspecified atom stereocenters. The Morgan fingerprint density at radius 2 is 2.10 bits per heavy atom. The standard InChI is InChI=1S/C15H18N2O3/c1-17(9-7-14(18)20-3)15-13-10-12(19-2)5-4-11(13)6-8-16-15/h4-6,8,10H,7,9H2,1-3H3. The van der Waals surface area contributed by atoms with Gasteiger partial charge in [-0.05, 0) is 23.6 Å². The van der Waals surface area contributed by atoms with Gasteiger partial charge >= 0.3 is 5.97 Å². The number of rotatable bonds is 5. The van der Waals surface area contributed by atoms with Crippen molar-refractivity contribution in [2.24, 2.45) is 0 Å². The van der Waals surface area contributed by atoms with Gasteiger partial charge in [-0.2, -0.15) is 0 Å². The van der Waals surface area contributed by atoms with Gasteiger partial charge in [0.2, 0.25) is 0 Å².